The maximum absolute atomic E-state index is 12.9. The fourth-order valence-electron chi connectivity index (χ4n) is 8.74. The summed E-state index contributed by atoms with van der Waals surface area (Å²) in [4.78, 5) is 31.1. The molecular weight excluding hydrogens is 1530 g/mol. The fraction of sp³-hybridized carbons (Fsp3) is 0.0385. The Balaban J connectivity index is 0.923. The monoisotopic (exact) mass is 1570 g/mol. The number of benzene rings is 6. The van der Waals surface area contributed by atoms with Gasteiger partial charge in [0, 0.05) is 0 Å². The van der Waals surface area contributed by atoms with Gasteiger partial charge in [-0.05, 0) is 145 Å². The van der Waals surface area contributed by atoms with Gasteiger partial charge < -0.3 is 20.2 Å². The van der Waals surface area contributed by atoms with Gasteiger partial charge in [-0.2, -0.15) is 80.0 Å². The molecule has 0 spiro atoms. The predicted octanol–water partition coefficient (Wildman–Crippen LogP) is 8.21. The van der Waals surface area contributed by atoms with Gasteiger partial charge in [0.15, 0.2) is 11.4 Å². The van der Waals surface area contributed by atoms with Crippen LogP contribution in [-0.4, -0.2) is 138 Å². The molecule has 6 aromatic carbocycles. The van der Waals surface area contributed by atoms with Crippen molar-refractivity contribution in [1.29, 1.82) is 0 Å². The van der Waals surface area contributed by atoms with E-state index in [0.717, 1.165) is 119 Å². The van der Waals surface area contributed by atoms with E-state index in [2.05, 4.69) is 80.5 Å². The summed E-state index contributed by atoms with van der Waals surface area (Å²) in [6, 6.07) is 18.5. The molecule has 0 amide bonds. The van der Waals surface area contributed by atoms with Crippen LogP contribution >= 0.6 is 46.4 Å². The Bertz CT molecular complexity index is 5880. The van der Waals surface area contributed by atoms with Gasteiger partial charge in [-0.25, -0.2) is 20.0 Å². The molecule has 48 heteroatoms. The number of aromatic hydroxyl groups is 2. The molecule has 0 aliphatic rings. The highest BCUT2D eigenvalue weighted by Gasteiger charge is 2.25. The molecule has 0 saturated heterocycles. The molecule has 10 rings (SSSR count). The standard InChI is InChI=1S/C52H38Cl4N18O20S6/c1-23-43(45(75)73(71-23)37-21-31(95(77,78)79)11-13-33(37)53)69-67-35-17-27(9-15-39(35)97(83,84)85)57-49-61-47(55)63-51(65-49)59-29-7-5-25(41(19-29)99(89,90)91)3-4-26-6-8-30(20-42(26)100(92,93)94)60-52-64-48(56)62-50(66-52)58-28-10-16-40(98(86,87)88)36(18-28)68-70-44-24(2)72-74(46(44)76)38-22-32(96(80,81)82)12-14-34(38)54/h3-22,75-76H,1-2H3,(H,77,78,79)(H,80,81,82)(H,83,84,85)(H,86,87,88)(H,89,90,91)(H,92,93,94)(H2,57,59,61,63,65)(H2,58,60,62,64,66)/b4-3+,69-67?,70-68?. The zero-order chi connectivity index (χ0) is 72.9. The summed E-state index contributed by atoms with van der Waals surface area (Å²) in [5.41, 5.74) is -4.85. The first-order chi connectivity index (χ1) is 46.6. The van der Waals surface area contributed by atoms with Crippen LogP contribution in [0.25, 0.3) is 23.5 Å². The third-order valence-corrected chi connectivity index (χ3v) is 19.4. The second-order valence-electron chi connectivity index (χ2n) is 20.0. The number of hydrogen-bond acceptors (Lipinski definition) is 26. The number of rotatable bonds is 18. The number of aromatic amines is 4. The average molecular weight is 1570 g/mol. The second-order valence-corrected chi connectivity index (χ2v) is 29.9. The SMILES string of the molecule is Cc1nn(-c2cc(S(=O)(=O)O)ccc2Cl)c(O)c1N=Nc1cc(N=c2nc(Cl)[nH]c(=Nc3ccc(/C=C/c4ccc(N=c5[nH]c(Cl)nc(=Nc6ccc(S(=O)(=O)O)c(N=Nc7c(C)nn(-c8cc(S(=O)(=O)O)ccc8Cl)c7O)c6)[nH]5)cc4S(=O)(=O)O)c(S(=O)(=O)O)c3)[nH]2)ccc1S(=O)(=O)O. The molecule has 100 heavy (non-hydrogen) atoms. The number of aryl methyl sites for hydroxylation is 2. The number of H-pyrrole nitrogens is 4. The Morgan fingerprint density at radius 2 is 0.740 bits per heavy atom. The van der Waals surface area contributed by atoms with Crippen LogP contribution in [0.4, 0.5) is 45.5 Å². The quantitative estimate of drug-likeness (QED) is 0.0218. The highest BCUT2D eigenvalue weighted by molar-refractivity contribution is 7.87. The predicted molar refractivity (Wildman–Crippen MR) is 349 cm³/mol. The van der Waals surface area contributed by atoms with Crippen molar-refractivity contribution in [2.75, 3.05) is 0 Å². The topological polar surface area (TPSA) is 590 Å². The van der Waals surface area contributed by atoms with E-state index < -0.39 is 113 Å². The third kappa shape index (κ3) is 16.9. The molecule has 0 fully saturated rings. The summed E-state index contributed by atoms with van der Waals surface area (Å²) in [6.45, 7) is 2.68. The first-order valence-electron chi connectivity index (χ1n) is 26.6. The molecule has 4 aromatic heterocycles. The van der Waals surface area contributed by atoms with E-state index in [4.69, 9.17) is 46.4 Å². The Labute approximate surface area is 579 Å². The summed E-state index contributed by atoms with van der Waals surface area (Å²) in [5, 5.41) is 44.9. The van der Waals surface area contributed by atoms with Crippen molar-refractivity contribution in [3.8, 4) is 23.1 Å². The van der Waals surface area contributed by atoms with Gasteiger partial charge >= 0.3 is 0 Å². The van der Waals surface area contributed by atoms with Crippen molar-refractivity contribution in [2.45, 2.75) is 43.2 Å². The van der Waals surface area contributed by atoms with Crippen molar-refractivity contribution in [3.05, 3.63) is 175 Å². The lowest BCUT2D eigenvalue weighted by Gasteiger charge is -2.07. The lowest BCUT2D eigenvalue weighted by molar-refractivity contribution is 0.434. The minimum Gasteiger partial charge on any atom is -0.492 e. The van der Waals surface area contributed by atoms with Crippen LogP contribution in [0.1, 0.15) is 22.5 Å². The van der Waals surface area contributed by atoms with Crippen LogP contribution in [0.3, 0.4) is 0 Å². The summed E-state index contributed by atoms with van der Waals surface area (Å²) >= 11 is 25.0. The van der Waals surface area contributed by atoms with Crippen LogP contribution in [0.2, 0.25) is 20.6 Å². The Hall–Kier alpha value is -9.88. The fourth-order valence-corrected chi connectivity index (χ4v) is 13.1. The van der Waals surface area contributed by atoms with E-state index in [1.54, 1.807) is 0 Å². The van der Waals surface area contributed by atoms with Crippen LogP contribution in [0.5, 0.6) is 11.8 Å². The summed E-state index contributed by atoms with van der Waals surface area (Å²) in [6.07, 6.45) is 2.13. The number of aromatic nitrogens is 10. The smallest absolute Gasteiger partial charge is 0.296 e. The van der Waals surface area contributed by atoms with E-state index >= 15 is 0 Å². The van der Waals surface area contributed by atoms with Crippen molar-refractivity contribution < 1.29 is 88.0 Å². The summed E-state index contributed by atoms with van der Waals surface area (Å²) in [5.74, 6) is -1.55. The van der Waals surface area contributed by atoms with E-state index in [1.807, 2.05) is 0 Å². The van der Waals surface area contributed by atoms with Gasteiger partial charge in [0.2, 0.25) is 44.8 Å². The van der Waals surface area contributed by atoms with Gasteiger partial charge in [0.1, 0.15) is 31.0 Å². The number of hydrogen-bond donors (Lipinski definition) is 12. The third-order valence-electron chi connectivity index (χ3n) is 13.1. The van der Waals surface area contributed by atoms with Gasteiger partial charge in [-0.1, -0.05) is 47.5 Å². The molecule has 0 atom stereocenters. The maximum atomic E-state index is 12.9. The van der Waals surface area contributed by atoms with Crippen molar-refractivity contribution in [1.82, 2.24) is 49.5 Å². The molecule has 4 heterocycles. The van der Waals surface area contributed by atoms with Gasteiger partial charge in [-0.3, -0.25) is 37.3 Å². The van der Waals surface area contributed by atoms with Crippen LogP contribution in [0, 0.1) is 13.8 Å². The second kappa shape index (κ2) is 27.7. The highest BCUT2D eigenvalue weighted by Crippen LogP contribution is 2.40. The van der Waals surface area contributed by atoms with Crippen molar-refractivity contribution in [2.24, 2.45) is 40.4 Å². The normalized spacial score (nSPS) is 13.7. The zero-order valence-corrected chi connectivity index (χ0v) is 57.2. The lowest BCUT2D eigenvalue weighted by Crippen LogP contribution is -2.26. The first-order valence-corrected chi connectivity index (χ1v) is 36.7. The Kier molecular flexibility index (Phi) is 20.2. The van der Waals surface area contributed by atoms with Gasteiger partial charge in [0.05, 0.1) is 65.3 Å². The number of nitrogens with one attached hydrogen (secondary N) is 4. The van der Waals surface area contributed by atoms with Crippen molar-refractivity contribution in [3.63, 3.8) is 0 Å². The first kappa shape index (κ1) is 72.9. The molecule has 10 aromatic rings. The molecule has 0 aliphatic heterocycles. The molecule has 0 bridgehead atoms. The molecule has 12 N–H and O–H groups in total. The molecule has 0 aliphatic carbocycles. The van der Waals surface area contributed by atoms with Crippen molar-refractivity contribution >= 4 is 165 Å². The highest BCUT2D eigenvalue weighted by atomic mass is 35.5. The molecule has 0 unspecified atom stereocenters. The zero-order valence-electron chi connectivity index (χ0n) is 49.2. The van der Waals surface area contributed by atoms with E-state index in [0.29, 0.717) is 0 Å². The molecule has 38 nitrogen and oxygen atoms in total. The average Bonchev–Trinajstić information content (AvgIpc) is 1.66. The minimum atomic E-state index is -5.13. The number of azo groups is 2. The van der Waals surface area contributed by atoms with Crippen LogP contribution < -0.4 is 22.5 Å². The molecular formula is C52H38Cl4N18O20S6. The van der Waals surface area contributed by atoms with Gasteiger partial charge in [0.25, 0.3) is 60.7 Å². The maximum Gasteiger partial charge on any atom is 0.296 e. The largest absolute Gasteiger partial charge is 0.492 e. The molecule has 520 valence electrons. The minimum absolute atomic E-state index is 0.0538. The summed E-state index contributed by atoms with van der Waals surface area (Å²) in [7, 11) is -29.8. The van der Waals surface area contributed by atoms with E-state index in [-0.39, 0.29) is 111 Å². The van der Waals surface area contributed by atoms with E-state index in [1.165, 1.54) is 26.0 Å². The van der Waals surface area contributed by atoms with Crippen LogP contribution in [0.15, 0.2) is 179 Å². The Morgan fingerprint density at radius 3 is 1.08 bits per heavy atom. The lowest BCUT2D eigenvalue weighted by atomic mass is 10.1. The van der Waals surface area contributed by atoms with Gasteiger partial charge in [-0.15, -0.1) is 20.5 Å². The number of nitrogens with zero attached hydrogens (tertiary/aromatic N) is 14. The van der Waals surface area contributed by atoms with Crippen LogP contribution in [-0.2, 0) is 60.7 Å². The Morgan fingerprint density at radius 1 is 0.400 bits per heavy atom. The van der Waals surface area contributed by atoms with E-state index in [9.17, 15) is 88.0 Å². The molecule has 0 radical (unpaired) electrons. The number of halogens is 4. The molecule has 0 saturated carbocycles. The summed E-state index contributed by atoms with van der Waals surface area (Å²) < 4.78 is 210.